The van der Waals surface area contributed by atoms with Crippen molar-refractivity contribution in [2.75, 3.05) is 6.54 Å². The van der Waals surface area contributed by atoms with Crippen molar-refractivity contribution in [2.45, 2.75) is 108 Å². The van der Waals surface area contributed by atoms with Gasteiger partial charge in [0.1, 0.15) is 11.0 Å². The molecule has 0 saturated heterocycles. The summed E-state index contributed by atoms with van der Waals surface area (Å²) >= 11 is 0. The van der Waals surface area contributed by atoms with Gasteiger partial charge in [0.25, 0.3) is 10.1 Å². The average Bonchev–Trinajstić information content (AvgIpc) is 2.62. The van der Waals surface area contributed by atoms with Gasteiger partial charge in [-0.1, -0.05) is 70.4 Å². The number of allylic oxidation sites excluding steroid dienone is 2. The number of Topliss-reactive ketones (excluding diaryl/α,β-unsaturated/α-hetero) is 1. The molecule has 0 aliphatic heterocycles. The number of hydrogen-bond acceptors (Lipinski definition) is 4. The zero-order chi connectivity index (χ0) is 20.4. The zero-order valence-corrected chi connectivity index (χ0v) is 18.0. The van der Waals surface area contributed by atoms with Gasteiger partial charge >= 0.3 is 29.6 Å². The number of nitrogens with two attached hydrogens (primary N) is 1. The molecule has 0 rings (SSSR count). The normalized spacial score (nSPS) is 12.8. The van der Waals surface area contributed by atoms with Crippen molar-refractivity contribution in [2.24, 2.45) is 5.73 Å². The van der Waals surface area contributed by atoms with Crippen molar-refractivity contribution in [3.05, 3.63) is 12.2 Å². The van der Waals surface area contributed by atoms with E-state index in [0.29, 0.717) is 6.42 Å². The first-order valence-corrected chi connectivity index (χ1v) is 12.2. The van der Waals surface area contributed by atoms with Crippen LogP contribution < -0.4 is 5.73 Å². The molecule has 3 N–H and O–H groups in total. The van der Waals surface area contributed by atoms with E-state index in [1.807, 2.05) is 0 Å². The van der Waals surface area contributed by atoms with E-state index in [0.717, 1.165) is 32.1 Å². The molecule has 5 nitrogen and oxygen atoms in total. The van der Waals surface area contributed by atoms with Gasteiger partial charge < -0.3 is 5.73 Å². The monoisotopic (exact) mass is 427 g/mol. The Kier molecular flexibility index (Phi) is 22.4. The van der Waals surface area contributed by atoms with Gasteiger partial charge in [0.15, 0.2) is 0 Å². The number of unbranched alkanes of at least 4 members (excludes halogenated alkanes) is 11. The van der Waals surface area contributed by atoms with E-state index in [2.05, 4.69) is 19.1 Å². The summed E-state index contributed by atoms with van der Waals surface area (Å²) in [6.07, 6.45) is 20.3. The maximum absolute atomic E-state index is 11.8. The summed E-state index contributed by atoms with van der Waals surface area (Å²) in [7, 11) is -4.22. The van der Waals surface area contributed by atoms with Crippen molar-refractivity contribution >= 4 is 45.5 Å². The minimum atomic E-state index is -4.22. The van der Waals surface area contributed by atoms with Crippen LogP contribution >= 0.6 is 0 Å². The summed E-state index contributed by atoms with van der Waals surface area (Å²) in [5.41, 5.74) is 5.30. The zero-order valence-electron chi connectivity index (χ0n) is 17.2. The number of ketones is 1. The molecule has 0 amide bonds. The third-order valence-corrected chi connectivity index (χ3v) is 6.06. The molecule has 0 aromatic heterocycles. The summed E-state index contributed by atoms with van der Waals surface area (Å²) in [4.78, 5) is 11.8. The Bertz CT molecular complexity index is 495. The summed E-state index contributed by atoms with van der Waals surface area (Å²) in [5.74, 6) is -0.138. The maximum atomic E-state index is 11.8. The van der Waals surface area contributed by atoms with Gasteiger partial charge in [-0.05, 0) is 32.1 Å². The van der Waals surface area contributed by atoms with Gasteiger partial charge in [-0.2, -0.15) is 8.42 Å². The third kappa shape index (κ3) is 19.6. The Morgan fingerprint density at radius 1 is 0.893 bits per heavy atom. The number of rotatable bonds is 19. The van der Waals surface area contributed by atoms with Crippen LogP contribution in [0.4, 0.5) is 0 Å². The number of carbonyl (C=O) groups excluding carboxylic acids is 1. The fraction of sp³-hybridized carbons (Fsp3) is 0.857. The Balaban J connectivity index is 0. The molecule has 0 aliphatic carbocycles. The molecule has 0 bridgehead atoms. The van der Waals surface area contributed by atoms with E-state index in [1.54, 1.807) is 0 Å². The van der Waals surface area contributed by atoms with Crippen LogP contribution in [0.3, 0.4) is 0 Å². The molecule has 7 heteroatoms. The SMILES string of the molecule is CCCCCCCC/C=C\CCCCCCCC(=O)CC(CN)S(=O)(=O)O.[NaH]. The number of carbonyl (C=O) groups is 1. The first-order valence-electron chi connectivity index (χ1n) is 10.7. The Labute approximate surface area is 195 Å². The van der Waals surface area contributed by atoms with Gasteiger partial charge in [-0.15, -0.1) is 0 Å². The van der Waals surface area contributed by atoms with Crippen molar-refractivity contribution < 1.29 is 17.8 Å². The average molecular weight is 428 g/mol. The molecule has 28 heavy (non-hydrogen) atoms. The topological polar surface area (TPSA) is 97.5 Å². The van der Waals surface area contributed by atoms with Crippen molar-refractivity contribution in [3.63, 3.8) is 0 Å². The summed E-state index contributed by atoms with van der Waals surface area (Å²) < 4.78 is 31.0. The second-order valence-corrected chi connectivity index (χ2v) is 9.15. The molecule has 0 radical (unpaired) electrons. The van der Waals surface area contributed by atoms with Gasteiger partial charge in [-0.3, -0.25) is 9.35 Å². The summed E-state index contributed by atoms with van der Waals surface area (Å²) in [6.45, 7) is 2.02. The molecule has 0 spiro atoms. The first-order chi connectivity index (χ1) is 12.9. The predicted octanol–water partition coefficient (Wildman–Crippen LogP) is 4.55. The standard InChI is InChI=1S/C21H41NO4S.Na.H/c1-2-3-4-5-6-7-8-9-10-11-12-13-14-15-16-17-20(23)18-21(19-22)27(24,25)26;;/h9-10,21H,2-8,11-19,22H2,1H3,(H,24,25,26);;/b10-9-;;. The number of hydrogen-bond donors (Lipinski definition) is 2. The van der Waals surface area contributed by atoms with Crippen LogP contribution in [-0.2, 0) is 14.9 Å². The van der Waals surface area contributed by atoms with Crippen LogP contribution in [0.2, 0.25) is 0 Å². The molecular weight excluding hydrogens is 385 g/mol. The predicted molar refractivity (Wildman–Crippen MR) is 121 cm³/mol. The van der Waals surface area contributed by atoms with Crippen molar-refractivity contribution in [1.29, 1.82) is 0 Å². The van der Waals surface area contributed by atoms with E-state index >= 15 is 0 Å². The quantitative estimate of drug-likeness (QED) is 0.136. The molecule has 0 saturated carbocycles. The third-order valence-electron chi connectivity index (χ3n) is 4.86. The van der Waals surface area contributed by atoms with Crippen LogP contribution in [0.1, 0.15) is 103 Å². The second kappa shape index (κ2) is 20.5. The summed E-state index contributed by atoms with van der Waals surface area (Å²) in [6, 6.07) is 0. The summed E-state index contributed by atoms with van der Waals surface area (Å²) in [5, 5.41) is -1.16. The molecule has 0 fully saturated rings. The van der Waals surface area contributed by atoms with Crippen molar-refractivity contribution in [1.82, 2.24) is 0 Å². The Hall–Kier alpha value is 0.280. The first kappa shape index (κ1) is 30.5. The molecular formula is C21H42NNaO4S. The molecule has 0 aromatic rings. The van der Waals surface area contributed by atoms with Gasteiger partial charge in [0.2, 0.25) is 0 Å². The van der Waals surface area contributed by atoms with Gasteiger partial charge in [-0.25, -0.2) is 0 Å². The molecule has 0 aliphatic rings. The Morgan fingerprint density at radius 3 is 1.82 bits per heavy atom. The molecule has 0 heterocycles. The molecule has 0 aromatic carbocycles. The van der Waals surface area contributed by atoms with E-state index in [4.69, 9.17) is 10.3 Å². The van der Waals surface area contributed by atoms with E-state index in [1.165, 1.54) is 51.4 Å². The van der Waals surface area contributed by atoms with E-state index in [9.17, 15) is 13.2 Å². The molecule has 1 atom stereocenters. The second-order valence-electron chi connectivity index (χ2n) is 7.45. The Morgan fingerprint density at radius 2 is 1.36 bits per heavy atom. The van der Waals surface area contributed by atoms with Crippen LogP contribution in [0.15, 0.2) is 12.2 Å². The van der Waals surface area contributed by atoms with E-state index in [-0.39, 0.29) is 48.3 Å². The fourth-order valence-corrected chi connectivity index (χ4v) is 3.70. The minimum absolute atomic E-state index is 0. The van der Waals surface area contributed by atoms with Crippen LogP contribution in [0.5, 0.6) is 0 Å². The van der Waals surface area contributed by atoms with Crippen molar-refractivity contribution in [3.8, 4) is 0 Å². The van der Waals surface area contributed by atoms with Crippen LogP contribution in [0.25, 0.3) is 0 Å². The molecule has 162 valence electrons. The van der Waals surface area contributed by atoms with Crippen LogP contribution in [-0.4, -0.2) is 60.1 Å². The fourth-order valence-electron chi connectivity index (χ4n) is 3.06. The van der Waals surface area contributed by atoms with Gasteiger partial charge in [0.05, 0.1) is 0 Å². The van der Waals surface area contributed by atoms with Gasteiger partial charge in [0, 0.05) is 19.4 Å². The molecule has 1 unspecified atom stereocenters. The van der Waals surface area contributed by atoms with Crippen LogP contribution in [0, 0.1) is 0 Å². The van der Waals surface area contributed by atoms with E-state index < -0.39 is 15.4 Å².